The van der Waals surface area contributed by atoms with E-state index in [4.69, 9.17) is 0 Å². The molecule has 0 fully saturated rings. The Balaban J connectivity index is 0.00000364. The SMILES string of the molecule is CCNC(=NCC(C)(O)c1ccsc1)NCC(c1cnn(C)c1)N(C)C.I. The van der Waals surface area contributed by atoms with Crippen LogP contribution in [0.2, 0.25) is 0 Å². The third-order valence-corrected chi connectivity index (χ3v) is 4.91. The summed E-state index contributed by atoms with van der Waals surface area (Å²) < 4.78 is 1.81. The Bertz CT molecular complexity index is 699. The number of halogens is 1. The first-order valence-corrected chi connectivity index (χ1v) is 9.70. The molecule has 3 N–H and O–H groups in total. The molecule has 2 heterocycles. The molecule has 0 aliphatic heterocycles. The van der Waals surface area contributed by atoms with Crippen molar-refractivity contribution in [2.45, 2.75) is 25.5 Å². The number of hydrogen-bond acceptors (Lipinski definition) is 5. The van der Waals surface area contributed by atoms with Crippen LogP contribution in [-0.4, -0.2) is 59.5 Å². The Hall–Kier alpha value is -1.17. The number of nitrogens with zero attached hydrogens (tertiary/aromatic N) is 4. The quantitative estimate of drug-likeness (QED) is 0.291. The Morgan fingerprint density at radius 1 is 1.44 bits per heavy atom. The molecule has 152 valence electrons. The zero-order chi connectivity index (χ0) is 19.2. The van der Waals surface area contributed by atoms with Gasteiger partial charge in [-0.25, -0.2) is 4.99 Å². The number of nitrogens with one attached hydrogen (secondary N) is 2. The number of likely N-dealkylation sites (N-methyl/N-ethyl adjacent to an activating group) is 1. The maximum atomic E-state index is 10.7. The molecule has 0 saturated carbocycles. The molecular weight excluding hydrogens is 475 g/mol. The third-order valence-electron chi connectivity index (χ3n) is 4.23. The lowest BCUT2D eigenvalue weighted by Crippen LogP contribution is -2.42. The topological polar surface area (TPSA) is 77.7 Å². The summed E-state index contributed by atoms with van der Waals surface area (Å²) in [4.78, 5) is 6.73. The number of guanidine groups is 1. The highest BCUT2D eigenvalue weighted by Crippen LogP contribution is 2.23. The highest BCUT2D eigenvalue weighted by atomic mass is 127. The van der Waals surface area contributed by atoms with Gasteiger partial charge in [-0.15, -0.1) is 24.0 Å². The van der Waals surface area contributed by atoms with Gasteiger partial charge in [-0.2, -0.15) is 16.4 Å². The lowest BCUT2D eigenvalue weighted by Gasteiger charge is -2.25. The van der Waals surface area contributed by atoms with Crippen LogP contribution in [0.25, 0.3) is 0 Å². The average molecular weight is 506 g/mol. The molecule has 0 spiro atoms. The first-order valence-electron chi connectivity index (χ1n) is 8.75. The van der Waals surface area contributed by atoms with Gasteiger partial charge in [-0.1, -0.05) is 0 Å². The van der Waals surface area contributed by atoms with Crippen molar-refractivity contribution in [3.63, 3.8) is 0 Å². The molecule has 0 saturated heterocycles. The Kier molecular flexibility index (Phi) is 9.71. The van der Waals surface area contributed by atoms with Gasteiger partial charge in [0, 0.05) is 31.9 Å². The Morgan fingerprint density at radius 3 is 2.70 bits per heavy atom. The van der Waals surface area contributed by atoms with Crippen LogP contribution in [0, 0.1) is 0 Å². The number of aryl methyl sites for hydroxylation is 1. The van der Waals surface area contributed by atoms with Crippen molar-refractivity contribution in [1.29, 1.82) is 0 Å². The Morgan fingerprint density at radius 2 is 2.19 bits per heavy atom. The second-order valence-corrected chi connectivity index (χ2v) is 7.57. The zero-order valence-electron chi connectivity index (χ0n) is 16.6. The van der Waals surface area contributed by atoms with Crippen LogP contribution >= 0.6 is 35.3 Å². The predicted molar refractivity (Wildman–Crippen MR) is 123 cm³/mol. The molecule has 7 nitrogen and oxygen atoms in total. The van der Waals surface area contributed by atoms with Crippen molar-refractivity contribution in [2.75, 3.05) is 33.7 Å². The van der Waals surface area contributed by atoms with Gasteiger partial charge in [-0.05, 0) is 50.3 Å². The molecular formula is C18H31IN6OS. The van der Waals surface area contributed by atoms with E-state index < -0.39 is 5.60 Å². The minimum atomic E-state index is -0.980. The predicted octanol–water partition coefficient (Wildman–Crippen LogP) is 2.17. The fraction of sp³-hybridized carbons (Fsp3) is 0.556. The van der Waals surface area contributed by atoms with Crippen molar-refractivity contribution >= 4 is 41.3 Å². The summed E-state index contributed by atoms with van der Waals surface area (Å²) in [5, 5.41) is 25.5. The fourth-order valence-corrected chi connectivity index (χ4v) is 3.42. The summed E-state index contributed by atoms with van der Waals surface area (Å²) in [6, 6.07) is 2.11. The monoisotopic (exact) mass is 506 g/mol. The van der Waals surface area contributed by atoms with E-state index in [0.717, 1.165) is 17.7 Å². The van der Waals surface area contributed by atoms with Crippen LogP contribution in [0.3, 0.4) is 0 Å². The van der Waals surface area contributed by atoms with E-state index >= 15 is 0 Å². The van der Waals surface area contributed by atoms with E-state index in [1.165, 1.54) is 0 Å². The van der Waals surface area contributed by atoms with Gasteiger partial charge in [0.15, 0.2) is 5.96 Å². The average Bonchev–Trinajstić information content (AvgIpc) is 3.24. The molecule has 2 aromatic heterocycles. The van der Waals surface area contributed by atoms with Crippen LogP contribution in [0.15, 0.2) is 34.2 Å². The van der Waals surface area contributed by atoms with Crippen LogP contribution < -0.4 is 10.6 Å². The van der Waals surface area contributed by atoms with Gasteiger partial charge in [0.05, 0.1) is 18.8 Å². The molecule has 0 aromatic carbocycles. The molecule has 9 heteroatoms. The first-order chi connectivity index (χ1) is 12.3. The summed E-state index contributed by atoms with van der Waals surface area (Å²) in [5.41, 5.74) is 1.06. The minimum absolute atomic E-state index is 0. The number of aliphatic imine (C=N–C) groups is 1. The smallest absolute Gasteiger partial charge is 0.191 e. The summed E-state index contributed by atoms with van der Waals surface area (Å²) in [6.45, 7) is 5.55. The molecule has 2 aromatic rings. The maximum Gasteiger partial charge on any atom is 0.191 e. The summed E-state index contributed by atoms with van der Waals surface area (Å²) in [7, 11) is 6.01. The van der Waals surface area contributed by atoms with Gasteiger partial charge in [0.2, 0.25) is 0 Å². The number of aromatic nitrogens is 2. The summed E-state index contributed by atoms with van der Waals surface area (Å²) in [5.74, 6) is 0.693. The largest absolute Gasteiger partial charge is 0.383 e. The lowest BCUT2D eigenvalue weighted by atomic mass is 10.00. The molecule has 2 rings (SSSR count). The molecule has 27 heavy (non-hydrogen) atoms. The van der Waals surface area contributed by atoms with Crippen LogP contribution in [0.5, 0.6) is 0 Å². The van der Waals surface area contributed by atoms with E-state index in [-0.39, 0.29) is 30.0 Å². The first kappa shape index (κ1) is 23.9. The molecule has 0 radical (unpaired) electrons. The lowest BCUT2D eigenvalue weighted by molar-refractivity contribution is 0.0677. The Labute approximate surface area is 182 Å². The number of rotatable bonds is 8. The van der Waals surface area contributed by atoms with E-state index in [2.05, 4.69) is 25.6 Å². The number of thiophene rings is 1. The second kappa shape index (κ2) is 11.0. The standard InChI is InChI=1S/C18H30N6OS.HI/c1-6-19-17(21-13-18(2,25)15-7-8-26-12-15)20-10-16(23(3)4)14-9-22-24(5)11-14;/h7-9,11-12,16,25H,6,10,13H2,1-5H3,(H2,19,20,21);1H. The molecule has 0 aliphatic carbocycles. The molecule has 0 aliphatic rings. The molecule has 0 amide bonds. The van der Waals surface area contributed by atoms with Gasteiger partial charge in [-0.3, -0.25) is 4.68 Å². The van der Waals surface area contributed by atoms with Crippen molar-refractivity contribution in [2.24, 2.45) is 12.0 Å². The summed E-state index contributed by atoms with van der Waals surface area (Å²) in [6.07, 6.45) is 3.91. The van der Waals surface area contributed by atoms with Crippen molar-refractivity contribution in [3.8, 4) is 0 Å². The van der Waals surface area contributed by atoms with Gasteiger partial charge < -0.3 is 20.6 Å². The van der Waals surface area contributed by atoms with E-state index in [9.17, 15) is 5.11 Å². The van der Waals surface area contributed by atoms with Crippen LogP contribution in [0.4, 0.5) is 0 Å². The fourth-order valence-electron chi connectivity index (χ4n) is 2.64. The maximum absolute atomic E-state index is 10.7. The highest BCUT2D eigenvalue weighted by Gasteiger charge is 2.23. The van der Waals surface area contributed by atoms with E-state index in [1.54, 1.807) is 18.3 Å². The number of aliphatic hydroxyl groups is 1. The van der Waals surface area contributed by atoms with Gasteiger partial charge in [0.25, 0.3) is 0 Å². The van der Waals surface area contributed by atoms with Crippen LogP contribution in [0.1, 0.15) is 31.0 Å². The zero-order valence-corrected chi connectivity index (χ0v) is 19.8. The summed E-state index contributed by atoms with van der Waals surface area (Å²) >= 11 is 1.57. The molecule has 2 atom stereocenters. The van der Waals surface area contributed by atoms with Crippen molar-refractivity contribution < 1.29 is 5.11 Å². The number of hydrogen-bond donors (Lipinski definition) is 3. The van der Waals surface area contributed by atoms with Gasteiger partial charge >= 0.3 is 0 Å². The third kappa shape index (κ3) is 7.05. The van der Waals surface area contributed by atoms with E-state index in [1.807, 2.05) is 62.0 Å². The highest BCUT2D eigenvalue weighted by molar-refractivity contribution is 14.0. The second-order valence-electron chi connectivity index (χ2n) is 6.79. The van der Waals surface area contributed by atoms with Crippen LogP contribution in [-0.2, 0) is 12.6 Å². The minimum Gasteiger partial charge on any atom is -0.383 e. The molecule has 0 bridgehead atoms. The van der Waals surface area contributed by atoms with Crippen molar-refractivity contribution in [3.05, 3.63) is 40.3 Å². The van der Waals surface area contributed by atoms with Crippen molar-refractivity contribution in [1.82, 2.24) is 25.3 Å². The normalized spacial score (nSPS) is 15.1. The molecule has 2 unspecified atom stereocenters. The van der Waals surface area contributed by atoms with E-state index in [0.29, 0.717) is 19.0 Å². The van der Waals surface area contributed by atoms with Gasteiger partial charge in [0.1, 0.15) is 5.60 Å².